The molecule has 4 bridgehead atoms. The Kier molecular flexibility index (Phi) is 2.17. The molecule has 4 fully saturated rings. The summed E-state index contributed by atoms with van der Waals surface area (Å²) in [6, 6.07) is 0. The van der Waals surface area contributed by atoms with E-state index in [9.17, 15) is 8.42 Å². The van der Waals surface area contributed by atoms with Gasteiger partial charge in [0.25, 0.3) is 0 Å². The van der Waals surface area contributed by atoms with Gasteiger partial charge >= 0.3 is 0 Å². The maximum atomic E-state index is 11.4. The molecule has 0 radical (unpaired) electrons. The van der Waals surface area contributed by atoms with Crippen molar-refractivity contribution in [3.63, 3.8) is 0 Å². The van der Waals surface area contributed by atoms with E-state index >= 15 is 0 Å². The molecule has 15 heavy (non-hydrogen) atoms. The lowest BCUT2D eigenvalue weighted by Crippen LogP contribution is -2.47. The van der Waals surface area contributed by atoms with Gasteiger partial charge in [-0.25, -0.2) is 8.42 Å². The molecule has 3 heteroatoms. The smallest absolute Gasteiger partial charge is 0.147 e. The SMILES string of the molecule is CS(=O)(=O)CC1C2CC3CC(C2)CC1C3. The van der Waals surface area contributed by atoms with Gasteiger partial charge in [0.05, 0.1) is 5.75 Å². The Morgan fingerprint density at radius 3 is 1.80 bits per heavy atom. The fraction of sp³-hybridized carbons (Fsp3) is 1.00. The topological polar surface area (TPSA) is 34.1 Å². The van der Waals surface area contributed by atoms with Gasteiger partial charge in [0, 0.05) is 6.26 Å². The number of hydrogen-bond acceptors (Lipinski definition) is 2. The van der Waals surface area contributed by atoms with Gasteiger partial charge in [-0.2, -0.15) is 0 Å². The fourth-order valence-corrected chi connectivity index (χ4v) is 5.90. The molecule has 0 aromatic carbocycles. The Labute approximate surface area is 92.4 Å². The summed E-state index contributed by atoms with van der Waals surface area (Å²) in [4.78, 5) is 0. The highest BCUT2D eigenvalue weighted by Crippen LogP contribution is 2.56. The average Bonchev–Trinajstić information content (AvgIpc) is 2.08. The molecule has 0 heterocycles. The van der Waals surface area contributed by atoms with Crippen molar-refractivity contribution in [3.8, 4) is 0 Å². The quantitative estimate of drug-likeness (QED) is 0.725. The van der Waals surface area contributed by atoms with Crippen molar-refractivity contribution in [1.82, 2.24) is 0 Å². The predicted molar refractivity (Wildman–Crippen MR) is 60.2 cm³/mol. The summed E-state index contributed by atoms with van der Waals surface area (Å²) >= 11 is 0. The Morgan fingerprint density at radius 1 is 0.933 bits per heavy atom. The van der Waals surface area contributed by atoms with Crippen molar-refractivity contribution in [2.75, 3.05) is 12.0 Å². The van der Waals surface area contributed by atoms with Crippen molar-refractivity contribution in [2.45, 2.75) is 32.1 Å². The van der Waals surface area contributed by atoms with Crippen LogP contribution in [0.4, 0.5) is 0 Å². The van der Waals surface area contributed by atoms with E-state index < -0.39 is 9.84 Å². The highest BCUT2D eigenvalue weighted by atomic mass is 32.2. The van der Waals surface area contributed by atoms with Crippen molar-refractivity contribution in [1.29, 1.82) is 0 Å². The van der Waals surface area contributed by atoms with Gasteiger partial charge in [-0.1, -0.05) is 0 Å². The lowest BCUT2D eigenvalue weighted by atomic mass is 9.52. The summed E-state index contributed by atoms with van der Waals surface area (Å²) in [5, 5.41) is 0. The largest absolute Gasteiger partial charge is 0.229 e. The highest BCUT2D eigenvalue weighted by molar-refractivity contribution is 7.90. The molecule has 4 aliphatic carbocycles. The molecule has 0 amide bonds. The monoisotopic (exact) mass is 228 g/mol. The molecule has 0 atom stereocenters. The third-order valence-electron chi connectivity index (χ3n) is 4.92. The zero-order valence-corrected chi connectivity index (χ0v) is 10.2. The van der Waals surface area contributed by atoms with E-state index in [2.05, 4.69) is 0 Å². The molecule has 0 aromatic rings. The van der Waals surface area contributed by atoms with E-state index in [1.54, 1.807) is 0 Å². The summed E-state index contributed by atoms with van der Waals surface area (Å²) < 4.78 is 22.8. The summed E-state index contributed by atoms with van der Waals surface area (Å²) in [6.45, 7) is 0. The van der Waals surface area contributed by atoms with Gasteiger partial charge in [0.2, 0.25) is 0 Å². The molecule has 0 N–H and O–H groups in total. The van der Waals surface area contributed by atoms with Crippen LogP contribution < -0.4 is 0 Å². The van der Waals surface area contributed by atoms with E-state index in [-0.39, 0.29) is 0 Å². The van der Waals surface area contributed by atoms with Crippen LogP contribution in [-0.2, 0) is 9.84 Å². The zero-order chi connectivity index (χ0) is 10.6. The molecule has 0 unspecified atom stereocenters. The number of hydrogen-bond donors (Lipinski definition) is 0. The van der Waals surface area contributed by atoms with Gasteiger partial charge in [-0.15, -0.1) is 0 Å². The number of rotatable bonds is 2. The first-order valence-corrected chi connectivity index (χ1v) is 8.25. The van der Waals surface area contributed by atoms with Crippen LogP contribution in [0.25, 0.3) is 0 Å². The van der Waals surface area contributed by atoms with Crippen molar-refractivity contribution in [2.24, 2.45) is 29.6 Å². The van der Waals surface area contributed by atoms with Crippen molar-refractivity contribution >= 4 is 9.84 Å². The standard InChI is InChI=1S/C12H20O2S/c1-15(13,14)7-12-10-3-8-2-9(5-10)6-11(12)4-8/h8-12H,2-7H2,1H3. The second kappa shape index (κ2) is 3.22. The first-order valence-electron chi connectivity index (χ1n) is 6.19. The van der Waals surface area contributed by atoms with E-state index in [1.165, 1.54) is 38.4 Å². The van der Waals surface area contributed by atoms with Gasteiger partial charge in [0.15, 0.2) is 0 Å². The second-order valence-corrected chi connectivity index (χ2v) is 8.37. The maximum Gasteiger partial charge on any atom is 0.147 e. The van der Waals surface area contributed by atoms with Crippen LogP contribution in [0.5, 0.6) is 0 Å². The van der Waals surface area contributed by atoms with Crippen molar-refractivity contribution < 1.29 is 8.42 Å². The van der Waals surface area contributed by atoms with Gasteiger partial charge in [-0.05, 0) is 61.7 Å². The number of sulfone groups is 1. The molecular formula is C12H20O2S. The molecule has 0 saturated heterocycles. The Hall–Kier alpha value is -0.0500. The summed E-state index contributed by atoms with van der Waals surface area (Å²) in [5.41, 5.74) is 0. The minimum absolute atomic E-state index is 0.460. The summed E-state index contributed by atoms with van der Waals surface area (Å²) in [6.07, 6.45) is 8.15. The third kappa shape index (κ3) is 1.83. The summed E-state index contributed by atoms with van der Waals surface area (Å²) in [5.74, 6) is 4.35. The Balaban J connectivity index is 1.80. The minimum Gasteiger partial charge on any atom is -0.229 e. The van der Waals surface area contributed by atoms with Crippen LogP contribution in [0.2, 0.25) is 0 Å². The second-order valence-electron chi connectivity index (χ2n) is 6.19. The van der Waals surface area contributed by atoms with Crippen LogP contribution in [0.3, 0.4) is 0 Å². The molecule has 0 aliphatic heterocycles. The van der Waals surface area contributed by atoms with E-state index in [1.807, 2.05) is 0 Å². The predicted octanol–water partition coefficient (Wildman–Crippen LogP) is 2.10. The van der Waals surface area contributed by atoms with E-state index in [0.717, 1.165) is 23.7 Å². The molecule has 86 valence electrons. The first-order chi connectivity index (χ1) is 7.01. The molecule has 4 rings (SSSR count). The maximum absolute atomic E-state index is 11.4. The Morgan fingerprint density at radius 2 is 1.40 bits per heavy atom. The van der Waals surface area contributed by atoms with Gasteiger partial charge in [0.1, 0.15) is 9.84 Å². The molecular weight excluding hydrogens is 208 g/mol. The summed E-state index contributed by atoms with van der Waals surface area (Å²) in [7, 11) is -2.77. The molecule has 0 aromatic heterocycles. The van der Waals surface area contributed by atoms with Gasteiger partial charge < -0.3 is 0 Å². The van der Waals surface area contributed by atoms with Gasteiger partial charge in [-0.3, -0.25) is 0 Å². The first kappa shape index (κ1) is 10.1. The van der Waals surface area contributed by atoms with Crippen LogP contribution in [0, 0.1) is 29.6 Å². The van der Waals surface area contributed by atoms with Crippen molar-refractivity contribution in [3.05, 3.63) is 0 Å². The third-order valence-corrected chi connectivity index (χ3v) is 5.91. The molecule has 2 nitrogen and oxygen atoms in total. The van der Waals surface area contributed by atoms with Crippen LogP contribution in [0.1, 0.15) is 32.1 Å². The lowest BCUT2D eigenvalue weighted by Gasteiger charge is -2.54. The molecule has 0 spiro atoms. The lowest BCUT2D eigenvalue weighted by molar-refractivity contribution is -0.0267. The van der Waals surface area contributed by atoms with E-state index in [4.69, 9.17) is 0 Å². The highest BCUT2D eigenvalue weighted by Gasteiger charge is 2.48. The normalized spacial score (nSPS) is 48.5. The van der Waals surface area contributed by atoms with Crippen LogP contribution in [0.15, 0.2) is 0 Å². The van der Waals surface area contributed by atoms with E-state index in [0.29, 0.717) is 11.7 Å². The molecule has 4 aliphatic rings. The van der Waals surface area contributed by atoms with Crippen LogP contribution >= 0.6 is 0 Å². The van der Waals surface area contributed by atoms with Crippen LogP contribution in [-0.4, -0.2) is 20.4 Å². The average molecular weight is 228 g/mol. The fourth-order valence-electron chi connectivity index (χ4n) is 4.66. The minimum atomic E-state index is -2.77. The Bertz CT molecular complexity index is 330. The zero-order valence-electron chi connectivity index (χ0n) is 9.35. The molecule has 4 saturated carbocycles.